The molecule has 1 aromatic heterocycles. The van der Waals surface area contributed by atoms with E-state index in [9.17, 15) is 4.79 Å². The summed E-state index contributed by atoms with van der Waals surface area (Å²) >= 11 is 4.83. The van der Waals surface area contributed by atoms with E-state index in [1.165, 1.54) is 18.4 Å². The Kier molecular flexibility index (Phi) is 4.53. The van der Waals surface area contributed by atoms with Crippen LogP contribution in [0.25, 0.3) is 0 Å². The van der Waals surface area contributed by atoms with Crippen molar-refractivity contribution >= 4 is 38.4 Å². The number of methoxy groups -OCH3 is 1. The van der Waals surface area contributed by atoms with E-state index in [-0.39, 0.29) is 11.9 Å². The molecule has 15 heavy (non-hydrogen) atoms. The highest BCUT2D eigenvalue weighted by Gasteiger charge is 2.17. The minimum absolute atomic E-state index is 0.150. The molecule has 1 aromatic rings. The topological polar surface area (TPSA) is 42.4 Å². The van der Waals surface area contributed by atoms with Crippen molar-refractivity contribution < 1.29 is 9.53 Å². The van der Waals surface area contributed by atoms with Gasteiger partial charge < -0.3 is 9.64 Å². The number of rotatable bonds is 4. The van der Waals surface area contributed by atoms with Crippen molar-refractivity contribution in [2.45, 2.75) is 6.92 Å². The third-order valence-electron chi connectivity index (χ3n) is 1.94. The predicted octanol–water partition coefficient (Wildman–Crippen LogP) is 2.15. The molecule has 0 aliphatic heterocycles. The summed E-state index contributed by atoms with van der Waals surface area (Å²) in [6.45, 7) is 2.44. The van der Waals surface area contributed by atoms with Gasteiger partial charge in [-0.2, -0.15) is 0 Å². The Hall–Kier alpha value is -0.620. The van der Waals surface area contributed by atoms with Crippen LogP contribution in [0.1, 0.15) is 6.92 Å². The van der Waals surface area contributed by atoms with Crippen LogP contribution in [0.5, 0.6) is 0 Å². The van der Waals surface area contributed by atoms with E-state index < -0.39 is 0 Å². The molecular weight excluding hydrogens is 280 g/mol. The van der Waals surface area contributed by atoms with Crippen molar-refractivity contribution in [1.29, 1.82) is 0 Å². The quantitative estimate of drug-likeness (QED) is 0.798. The lowest BCUT2D eigenvalue weighted by Crippen LogP contribution is -2.29. The number of halogens is 1. The van der Waals surface area contributed by atoms with Crippen LogP contribution in [-0.4, -0.2) is 31.7 Å². The van der Waals surface area contributed by atoms with E-state index in [1.807, 2.05) is 24.3 Å². The summed E-state index contributed by atoms with van der Waals surface area (Å²) in [6.07, 6.45) is 0. The van der Waals surface area contributed by atoms with Gasteiger partial charge in [0.1, 0.15) is 4.60 Å². The second-order valence-electron chi connectivity index (χ2n) is 3.26. The summed E-state index contributed by atoms with van der Waals surface area (Å²) in [7, 11) is 3.31. The monoisotopic (exact) mass is 292 g/mol. The highest BCUT2D eigenvalue weighted by Crippen LogP contribution is 2.23. The fourth-order valence-corrected chi connectivity index (χ4v) is 2.41. The molecule has 0 aliphatic rings. The number of nitrogens with zero attached hydrogens (tertiary/aromatic N) is 2. The molecule has 0 bridgehead atoms. The van der Waals surface area contributed by atoms with E-state index in [1.54, 1.807) is 0 Å². The maximum Gasteiger partial charge on any atom is 0.310 e. The molecule has 1 rings (SSSR count). The summed E-state index contributed by atoms with van der Waals surface area (Å²) in [5.74, 6) is -0.347. The van der Waals surface area contributed by atoms with Gasteiger partial charge in [-0.3, -0.25) is 4.79 Å². The van der Waals surface area contributed by atoms with Gasteiger partial charge in [0.2, 0.25) is 0 Å². The third-order valence-corrected chi connectivity index (χ3v) is 3.61. The first-order valence-electron chi connectivity index (χ1n) is 4.44. The SMILES string of the molecule is COC(=O)C(C)CN(C)c1nc(Br)cs1. The van der Waals surface area contributed by atoms with E-state index in [2.05, 4.69) is 25.7 Å². The first-order valence-corrected chi connectivity index (χ1v) is 6.12. The van der Waals surface area contributed by atoms with Crippen molar-refractivity contribution in [2.24, 2.45) is 5.92 Å². The lowest BCUT2D eigenvalue weighted by molar-refractivity contribution is -0.144. The Morgan fingerprint density at radius 1 is 1.80 bits per heavy atom. The van der Waals surface area contributed by atoms with Crippen molar-refractivity contribution in [3.8, 4) is 0 Å². The maximum absolute atomic E-state index is 11.2. The number of hydrogen-bond acceptors (Lipinski definition) is 5. The third kappa shape index (κ3) is 3.46. The smallest absolute Gasteiger partial charge is 0.310 e. The number of carbonyl (C=O) groups excluding carboxylic acids is 1. The average Bonchev–Trinajstić information content (AvgIpc) is 2.63. The van der Waals surface area contributed by atoms with Gasteiger partial charge in [-0.15, -0.1) is 11.3 Å². The zero-order valence-corrected chi connectivity index (χ0v) is 11.3. The number of ether oxygens (including phenoxy) is 1. The number of carbonyl (C=O) groups is 1. The molecule has 0 saturated carbocycles. The predicted molar refractivity (Wildman–Crippen MR) is 64.3 cm³/mol. The van der Waals surface area contributed by atoms with Gasteiger partial charge in [0.25, 0.3) is 0 Å². The molecule has 0 saturated heterocycles. The van der Waals surface area contributed by atoms with Gasteiger partial charge in [-0.1, -0.05) is 6.92 Å². The van der Waals surface area contributed by atoms with E-state index in [0.29, 0.717) is 6.54 Å². The van der Waals surface area contributed by atoms with Gasteiger partial charge in [0, 0.05) is 19.0 Å². The van der Waals surface area contributed by atoms with Crippen LogP contribution < -0.4 is 4.90 Å². The Bertz CT molecular complexity index is 343. The minimum atomic E-state index is -0.197. The van der Waals surface area contributed by atoms with Gasteiger partial charge in [-0.25, -0.2) is 4.98 Å². The normalized spacial score (nSPS) is 12.3. The first kappa shape index (κ1) is 12.4. The molecule has 6 heteroatoms. The first-order chi connectivity index (χ1) is 7.04. The molecule has 0 amide bonds. The van der Waals surface area contributed by atoms with E-state index in [4.69, 9.17) is 0 Å². The number of aromatic nitrogens is 1. The highest BCUT2D eigenvalue weighted by atomic mass is 79.9. The van der Waals surface area contributed by atoms with Crippen LogP contribution in [0.4, 0.5) is 5.13 Å². The van der Waals surface area contributed by atoms with Gasteiger partial charge in [0.15, 0.2) is 5.13 Å². The Balaban J connectivity index is 2.55. The molecule has 0 fully saturated rings. The summed E-state index contributed by atoms with van der Waals surface area (Å²) in [5, 5.41) is 2.80. The fourth-order valence-electron chi connectivity index (χ4n) is 1.19. The molecule has 0 aliphatic carbocycles. The Labute approximate surface area is 101 Å². The van der Waals surface area contributed by atoms with Crippen molar-refractivity contribution in [3.63, 3.8) is 0 Å². The second kappa shape index (κ2) is 5.46. The fraction of sp³-hybridized carbons (Fsp3) is 0.556. The van der Waals surface area contributed by atoms with Gasteiger partial charge in [0.05, 0.1) is 13.0 Å². The van der Waals surface area contributed by atoms with Gasteiger partial charge >= 0.3 is 5.97 Å². The molecule has 0 spiro atoms. The van der Waals surface area contributed by atoms with Crippen LogP contribution >= 0.6 is 27.3 Å². The number of anilines is 1. The van der Waals surface area contributed by atoms with Crippen molar-refractivity contribution in [2.75, 3.05) is 25.6 Å². The van der Waals surface area contributed by atoms with Crippen molar-refractivity contribution in [3.05, 3.63) is 9.98 Å². The highest BCUT2D eigenvalue weighted by molar-refractivity contribution is 9.10. The number of hydrogen-bond donors (Lipinski definition) is 0. The van der Waals surface area contributed by atoms with Crippen LogP contribution in [0, 0.1) is 5.92 Å². The maximum atomic E-state index is 11.2. The van der Waals surface area contributed by atoms with Crippen LogP contribution in [0.2, 0.25) is 0 Å². The van der Waals surface area contributed by atoms with Gasteiger partial charge in [-0.05, 0) is 15.9 Å². The Morgan fingerprint density at radius 2 is 2.47 bits per heavy atom. The Morgan fingerprint density at radius 3 is 2.93 bits per heavy atom. The van der Waals surface area contributed by atoms with Crippen LogP contribution in [0.3, 0.4) is 0 Å². The lowest BCUT2D eigenvalue weighted by Gasteiger charge is -2.18. The molecule has 0 radical (unpaired) electrons. The molecular formula is C9H13BrN2O2S. The summed E-state index contributed by atoms with van der Waals surface area (Å²) in [4.78, 5) is 17.4. The largest absolute Gasteiger partial charge is 0.469 e. The second-order valence-corrected chi connectivity index (χ2v) is 4.91. The number of thiazole rings is 1. The summed E-state index contributed by atoms with van der Waals surface area (Å²) < 4.78 is 5.48. The van der Waals surface area contributed by atoms with Crippen molar-refractivity contribution in [1.82, 2.24) is 4.98 Å². The molecule has 4 nitrogen and oxygen atoms in total. The summed E-state index contributed by atoms with van der Waals surface area (Å²) in [6, 6.07) is 0. The standard InChI is InChI=1S/C9H13BrN2O2S/c1-6(8(13)14-3)4-12(2)9-11-7(10)5-15-9/h5-6H,4H2,1-3H3. The molecule has 0 aromatic carbocycles. The molecule has 84 valence electrons. The van der Waals surface area contributed by atoms with E-state index in [0.717, 1.165) is 9.73 Å². The molecule has 1 heterocycles. The molecule has 1 atom stereocenters. The van der Waals surface area contributed by atoms with E-state index >= 15 is 0 Å². The number of esters is 1. The molecule has 1 unspecified atom stereocenters. The average molecular weight is 293 g/mol. The molecule has 0 N–H and O–H groups in total. The van der Waals surface area contributed by atoms with Crippen LogP contribution in [-0.2, 0) is 9.53 Å². The zero-order valence-electron chi connectivity index (χ0n) is 8.86. The lowest BCUT2D eigenvalue weighted by atomic mass is 10.2. The summed E-state index contributed by atoms with van der Waals surface area (Å²) in [5.41, 5.74) is 0. The zero-order chi connectivity index (χ0) is 11.4. The van der Waals surface area contributed by atoms with Crippen LogP contribution in [0.15, 0.2) is 9.98 Å². The minimum Gasteiger partial charge on any atom is -0.469 e.